The lowest BCUT2D eigenvalue weighted by atomic mass is 9.92. The first-order chi connectivity index (χ1) is 12.0. The SMILES string of the molecule is CO[C@@H]1N(S(=O)(=O)c2ccccc2)c2ccccc2[C@@]12COC(=O)N2. The molecule has 1 amide bonds. The molecule has 8 heteroatoms. The first-order valence-corrected chi connectivity index (χ1v) is 9.11. The monoisotopic (exact) mass is 360 g/mol. The number of anilines is 1. The van der Waals surface area contributed by atoms with Crippen LogP contribution in [-0.4, -0.2) is 34.5 Å². The first kappa shape index (κ1) is 15.9. The van der Waals surface area contributed by atoms with E-state index in [1.54, 1.807) is 42.5 Å². The highest BCUT2D eigenvalue weighted by Crippen LogP contribution is 2.48. The maximum Gasteiger partial charge on any atom is 0.408 e. The van der Waals surface area contributed by atoms with Gasteiger partial charge < -0.3 is 14.8 Å². The van der Waals surface area contributed by atoms with E-state index in [2.05, 4.69) is 5.32 Å². The summed E-state index contributed by atoms with van der Waals surface area (Å²) in [5.41, 5.74) is 0.0285. The minimum Gasteiger partial charge on any atom is -0.446 e. The van der Waals surface area contributed by atoms with Crippen LogP contribution in [0.2, 0.25) is 0 Å². The molecule has 0 aliphatic carbocycles. The maximum absolute atomic E-state index is 13.3. The van der Waals surface area contributed by atoms with Gasteiger partial charge in [0.1, 0.15) is 6.61 Å². The summed E-state index contributed by atoms with van der Waals surface area (Å²) < 4.78 is 38.4. The van der Waals surface area contributed by atoms with E-state index >= 15 is 0 Å². The number of amides is 1. The Labute approximate surface area is 145 Å². The van der Waals surface area contributed by atoms with Gasteiger partial charge in [-0.15, -0.1) is 0 Å². The van der Waals surface area contributed by atoms with E-state index in [-0.39, 0.29) is 11.5 Å². The first-order valence-electron chi connectivity index (χ1n) is 7.67. The van der Waals surface area contributed by atoms with Crippen LogP contribution in [0.4, 0.5) is 10.5 Å². The van der Waals surface area contributed by atoms with Crippen molar-refractivity contribution in [1.29, 1.82) is 0 Å². The van der Waals surface area contributed by atoms with E-state index in [0.29, 0.717) is 11.3 Å². The number of carbonyl (C=O) groups is 1. The van der Waals surface area contributed by atoms with Crippen LogP contribution in [0, 0.1) is 0 Å². The zero-order valence-electron chi connectivity index (χ0n) is 13.4. The number of hydrogen-bond acceptors (Lipinski definition) is 5. The van der Waals surface area contributed by atoms with Crippen LogP contribution in [-0.2, 0) is 25.0 Å². The summed E-state index contributed by atoms with van der Waals surface area (Å²) in [6.45, 7) is -0.0117. The fourth-order valence-corrected chi connectivity index (χ4v) is 5.14. The summed E-state index contributed by atoms with van der Waals surface area (Å²) in [7, 11) is -2.48. The molecular formula is C17H16N2O5S. The van der Waals surface area contributed by atoms with Crippen LogP contribution in [0.5, 0.6) is 0 Å². The molecule has 4 rings (SSSR count). The second kappa shape index (κ2) is 5.47. The van der Waals surface area contributed by atoms with Crippen molar-refractivity contribution in [3.05, 3.63) is 60.2 Å². The van der Waals surface area contributed by atoms with Crippen LogP contribution < -0.4 is 9.62 Å². The third-order valence-electron chi connectivity index (χ3n) is 4.54. The molecular weight excluding hydrogens is 344 g/mol. The molecule has 0 radical (unpaired) electrons. The van der Waals surface area contributed by atoms with Gasteiger partial charge in [0.25, 0.3) is 10.0 Å². The lowest BCUT2D eigenvalue weighted by Gasteiger charge is -2.32. The smallest absolute Gasteiger partial charge is 0.408 e. The molecule has 7 nitrogen and oxygen atoms in total. The van der Waals surface area contributed by atoms with E-state index < -0.39 is 27.9 Å². The number of para-hydroxylation sites is 1. The van der Waals surface area contributed by atoms with E-state index in [0.717, 1.165) is 0 Å². The van der Waals surface area contributed by atoms with Crippen molar-refractivity contribution in [2.45, 2.75) is 16.7 Å². The normalized spacial score (nSPS) is 24.9. The molecule has 1 spiro atoms. The number of hydrogen-bond donors (Lipinski definition) is 1. The van der Waals surface area contributed by atoms with Crippen molar-refractivity contribution in [3.8, 4) is 0 Å². The van der Waals surface area contributed by atoms with Crippen LogP contribution >= 0.6 is 0 Å². The zero-order valence-corrected chi connectivity index (χ0v) is 14.2. The second-order valence-corrected chi connectivity index (χ2v) is 7.71. The molecule has 2 aromatic carbocycles. The van der Waals surface area contributed by atoms with Crippen LogP contribution in [0.1, 0.15) is 5.56 Å². The quantitative estimate of drug-likeness (QED) is 0.902. The minimum absolute atomic E-state index is 0.0117. The van der Waals surface area contributed by atoms with Gasteiger partial charge in [0.05, 0.1) is 10.6 Å². The van der Waals surface area contributed by atoms with Crippen molar-refractivity contribution in [2.24, 2.45) is 0 Å². The average Bonchev–Trinajstić information content (AvgIpc) is 3.15. The molecule has 2 aliphatic heterocycles. The number of nitrogens with one attached hydrogen (secondary N) is 1. The number of cyclic esters (lactones) is 1. The number of methoxy groups -OCH3 is 1. The molecule has 2 atom stereocenters. The number of sulfonamides is 1. The van der Waals surface area contributed by atoms with Gasteiger partial charge in [-0.2, -0.15) is 0 Å². The molecule has 2 heterocycles. The van der Waals surface area contributed by atoms with Gasteiger partial charge in [-0.05, 0) is 18.2 Å². The third kappa shape index (κ3) is 2.14. The van der Waals surface area contributed by atoms with Gasteiger partial charge in [-0.1, -0.05) is 36.4 Å². The highest BCUT2D eigenvalue weighted by Gasteiger charge is 2.59. The minimum atomic E-state index is -3.89. The van der Waals surface area contributed by atoms with Gasteiger partial charge >= 0.3 is 6.09 Å². The predicted molar refractivity (Wildman–Crippen MR) is 89.5 cm³/mol. The van der Waals surface area contributed by atoms with Gasteiger partial charge in [-0.25, -0.2) is 17.5 Å². The molecule has 2 aromatic rings. The predicted octanol–water partition coefficient (Wildman–Crippen LogP) is 1.80. The summed E-state index contributed by atoms with van der Waals surface area (Å²) in [5.74, 6) is 0. The molecule has 1 saturated heterocycles. The van der Waals surface area contributed by atoms with Gasteiger partial charge in [0.15, 0.2) is 11.8 Å². The number of nitrogens with zero attached hydrogens (tertiary/aromatic N) is 1. The Bertz CT molecular complexity index is 931. The highest BCUT2D eigenvalue weighted by molar-refractivity contribution is 7.92. The molecule has 0 unspecified atom stereocenters. The Morgan fingerprint density at radius 3 is 2.48 bits per heavy atom. The average molecular weight is 360 g/mol. The lowest BCUT2D eigenvalue weighted by Crippen LogP contribution is -2.55. The fourth-order valence-electron chi connectivity index (χ4n) is 3.47. The number of ether oxygens (including phenoxy) is 2. The zero-order chi connectivity index (χ0) is 17.7. The molecule has 2 aliphatic rings. The highest BCUT2D eigenvalue weighted by atomic mass is 32.2. The van der Waals surface area contributed by atoms with Crippen LogP contribution in [0.25, 0.3) is 0 Å². The molecule has 0 saturated carbocycles. The van der Waals surface area contributed by atoms with Crippen LogP contribution in [0.15, 0.2) is 59.5 Å². The van der Waals surface area contributed by atoms with E-state index in [4.69, 9.17) is 9.47 Å². The van der Waals surface area contributed by atoms with Crippen molar-refractivity contribution < 1.29 is 22.7 Å². The molecule has 25 heavy (non-hydrogen) atoms. The van der Waals surface area contributed by atoms with E-state index in [9.17, 15) is 13.2 Å². The Hall–Kier alpha value is -2.58. The van der Waals surface area contributed by atoms with Gasteiger partial charge in [-0.3, -0.25) is 0 Å². The topological polar surface area (TPSA) is 84.9 Å². The Morgan fingerprint density at radius 1 is 1.16 bits per heavy atom. The number of alkyl carbamates (subject to hydrolysis) is 1. The van der Waals surface area contributed by atoms with E-state index in [1.807, 2.05) is 0 Å². The number of carbonyl (C=O) groups excluding carboxylic acids is 1. The number of benzene rings is 2. The molecule has 0 aromatic heterocycles. The van der Waals surface area contributed by atoms with Crippen molar-refractivity contribution in [1.82, 2.24) is 5.32 Å². The van der Waals surface area contributed by atoms with Gasteiger partial charge in [0, 0.05) is 12.7 Å². The molecule has 1 fully saturated rings. The lowest BCUT2D eigenvalue weighted by molar-refractivity contribution is 0.0361. The Kier molecular flexibility index (Phi) is 3.48. The number of rotatable bonds is 3. The maximum atomic E-state index is 13.3. The largest absolute Gasteiger partial charge is 0.446 e. The van der Waals surface area contributed by atoms with Crippen LogP contribution in [0.3, 0.4) is 0 Å². The fraction of sp³-hybridized carbons (Fsp3) is 0.235. The Morgan fingerprint density at radius 2 is 1.84 bits per heavy atom. The van der Waals surface area contributed by atoms with Crippen molar-refractivity contribution in [3.63, 3.8) is 0 Å². The standard InChI is InChI=1S/C17H16N2O5S/c1-23-15-17(11-24-16(20)18-17)13-9-5-6-10-14(13)19(15)25(21,22)12-7-3-2-4-8-12/h2-10,15H,11H2,1H3,(H,18,20)/t15-,17-/m0/s1. The van der Waals surface area contributed by atoms with E-state index in [1.165, 1.54) is 23.5 Å². The molecule has 0 bridgehead atoms. The van der Waals surface area contributed by atoms with Crippen molar-refractivity contribution >= 4 is 21.8 Å². The third-order valence-corrected chi connectivity index (χ3v) is 6.31. The summed E-state index contributed by atoms with van der Waals surface area (Å²) in [5, 5.41) is 2.75. The summed E-state index contributed by atoms with van der Waals surface area (Å²) in [6, 6.07) is 15.1. The number of fused-ring (bicyclic) bond motifs is 2. The Balaban J connectivity index is 1.93. The summed E-state index contributed by atoms with van der Waals surface area (Å²) in [4.78, 5) is 11.9. The summed E-state index contributed by atoms with van der Waals surface area (Å²) >= 11 is 0. The summed E-state index contributed by atoms with van der Waals surface area (Å²) in [6.07, 6.45) is -1.56. The van der Waals surface area contributed by atoms with Gasteiger partial charge in [0.2, 0.25) is 0 Å². The van der Waals surface area contributed by atoms with Crippen molar-refractivity contribution in [2.75, 3.05) is 18.0 Å². The second-order valence-electron chi connectivity index (χ2n) is 5.89. The molecule has 130 valence electrons. The molecule has 1 N–H and O–H groups in total.